The summed E-state index contributed by atoms with van der Waals surface area (Å²) in [5.41, 5.74) is 0.832. The predicted octanol–water partition coefficient (Wildman–Crippen LogP) is 2.38. The van der Waals surface area contributed by atoms with E-state index >= 15 is 0 Å². The van der Waals surface area contributed by atoms with Crippen molar-refractivity contribution in [1.29, 1.82) is 0 Å². The van der Waals surface area contributed by atoms with Crippen molar-refractivity contribution in [2.45, 2.75) is 12.3 Å². The molecule has 0 saturated heterocycles. The molecule has 23 heavy (non-hydrogen) atoms. The van der Waals surface area contributed by atoms with Crippen LogP contribution in [0, 0.1) is 0 Å². The maximum atomic E-state index is 12.0. The molecule has 0 fully saturated rings. The van der Waals surface area contributed by atoms with Gasteiger partial charge < -0.3 is 25.2 Å². The maximum absolute atomic E-state index is 12.0. The number of anilines is 2. The Balaban J connectivity index is 2.11. The largest absolute Gasteiger partial charge is 0.502 e. The van der Waals surface area contributed by atoms with E-state index in [1.54, 1.807) is 19.2 Å². The molecule has 1 atom stereocenters. The molecular weight excluding hydrogens is 318 g/mol. The van der Waals surface area contributed by atoms with Crippen LogP contribution < -0.4 is 20.1 Å². The van der Waals surface area contributed by atoms with Crippen LogP contribution in [0.2, 0.25) is 0 Å². The van der Waals surface area contributed by atoms with Gasteiger partial charge in [0.05, 0.1) is 19.1 Å². The van der Waals surface area contributed by atoms with Crippen molar-refractivity contribution in [3.05, 3.63) is 22.6 Å². The lowest BCUT2D eigenvalue weighted by Gasteiger charge is -2.22. The molecule has 2 aromatic rings. The number of aromatic nitrogens is 1. The first-order valence-corrected chi connectivity index (χ1v) is 7.82. The highest BCUT2D eigenvalue weighted by molar-refractivity contribution is 7.16. The summed E-state index contributed by atoms with van der Waals surface area (Å²) in [6.45, 7) is 0. The number of nitrogens with one attached hydrogen (secondary N) is 2. The molecule has 3 rings (SSSR count). The van der Waals surface area contributed by atoms with Crippen LogP contribution in [0.15, 0.2) is 12.1 Å². The molecule has 1 aromatic carbocycles. The van der Waals surface area contributed by atoms with E-state index < -0.39 is 0 Å². The molecule has 1 aromatic heterocycles. The van der Waals surface area contributed by atoms with E-state index in [4.69, 9.17) is 9.47 Å². The van der Waals surface area contributed by atoms with Crippen LogP contribution in [0.4, 0.5) is 10.9 Å². The zero-order chi connectivity index (χ0) is 16.6. The Bertz CT molecular complexity index is 734. The van der Waals surface area contributed by atoms with Gasteiger partial charge in [0.15, 0.2) is 16.6 Å². The van der Waals surface area contributed by atoms with E-state index in [9.17, 15) is 9.90 Å². The van der Waals surface area contributed by atoms with Gasteiger partial charge in [-0.1, -0.05) is 11.3 Å². The van der Waals surface area contributed by atoms with Gasteiger partial charge >= 0.3 is 0 Å². The van der Waals surface area contributed by atoms with Crippen LogP contribution in [0.25, 0.3) is 0 Å². The highest BCUT2D eigenvalue weighted by Gasteiger charge is 2.31. The van der Waals surface area contributed by atoms with E-state index in [2.05, 4.69) is 15.6 Å². The fourth-order valence-electron chi connectivity index (χ4n) is 2.61. The van der Waals surface area contributed by atoms with Gasteiger partial charge in [-0.15, -0.1) is 0 Å². The fourth-order valence-corrected chi connectivity index (χ4v) is 3.61. The molecule has 1 amide bonds. The average molecular weight is 335 g/mol. The second-order valence-corrected chi connectivity index (χ2v) is 6.09. The molecule has 122 valence electrons. The van der Waals surface area contributed by atoms with Gasteiger partial charge in [0.2, 0.25) is 11.7 Å². The molecular formula is C15H17N3O4S. The van der Waals surface area contributed by atoms with Crippen LogP contribution in [-0.2, 0) is 4.79 Å². The molecule has 0 aliphatic carbocycles. The number of aromatic hydroxyl groups is 1. The quantitative estimate of drug-likeness (QED) is 0.794. The monoisotopic (exact) mass is 335 g/mol. The fraction of sp³-hybridized carbons (Fsp3) is 0.333. The van der Waals surface area contributed by atoms with Crippen LogP contribution in [-0.4, -0.2) is 37.3 Å². The van der Waals surface area contributed by atoms with Gasteiger partial charge in [-0.2, -0.15) is 0 Å². The van der Waals surface area contributed by atoms with Crippen molar-refractivity contribution in [1.82, 2.24) is 4.98 Å². The van der Waals surface area contributed by atoms with Crippen molar-refractivity contribution >= 4 is 28.2 Å². The van der Waals surface area contributed by atoms with Crippen LogP contribution in [0.1, 0.15) is 22.8 Å². The van der Waals surface area contributed by atoms with Gasteiger partial charge in [0.25, 0.3) is 0 Å². The van der Waals surface area contributed by atoms with Gasteiger partial charge in [-0.3, -0.25) is 4.79 Å². The molecule has 0 radical (unpaired) electrons. The van der Waals surface area contributed by atoms with E-state index in [1.165, 1.54) is 25.6 Å². The van der Waals surface area contributed by atoms with Crippen molar-refractivity contribution in [3.63, 3.8) is 0 Å². The standard InChI is InChI=1S/C15H17N3O4S/c1-16-15-18-14-13(23-15)8(6-11(19)17-14)7-4-9(21-2)12(20)10(5-7)22-3/h4-5,8,20H,6H2,1-3H3,(H,16,18)(H,17,19)/t8-/m0/s1. The molecule has 1 aliphatic heterocycles. The zero-order valence-electron chi connectivity index (χ0n) is 13.0. The van der Waals surface area contributed by atoms with Crippen LogP contribution >= 0.6 is 11.3 Å². The highest BCUT2D eigenvalue weighted by Crippen LogP contribution is 2.46. The number of ether oxygens (including phenoxy) is 2. The molecule has 0 bridgehead atoms. The first-order valence-electron chi connectivity index (χ1n) is 7.00. The van der Waals surface area contributed by atoms with Crippen LogP contribution in [0.3, 0.4) is 0 Å². The smallest absolute Gasteiger partial charge is 0.226 e. The Hall–Kier alpha value is -2.48. The van der Waals surface area contributed by atoms with Gasteiger partial charge in [-0.25, -0.2) is 4.98 Å². The lowest BCUT2D eigenvalue weighted by atomic mass is 9.91. The SMILES string of the molecule is CNc1nc2c(s1)[C@H](c1cc(OC)c(O)c(OC)c1)CC(=O)N2. The van der Waals surface area contributed by atoms with E-state index in [1.807, 2.05) is 0 Å². The Labute approximate surface area is 137 Å². The Morgan fingerprint density at radius 2 is 2.00 bits per heavy atom. The number of hydrogen-bond acceptors (Lipinski definition) is 7. The lowest BCUT2D eigenvalue weighted by Crippen LogP contribution is -2.22. The summed E-state index contributed by atoms with van der Waals surface area (Å²) in [6, 6.07) is 3.45. The normalized spacial score (nSPS) is 16.5. The number of fused-ring (bicyclic) bond motifs is 1. The van der Waals surface area contributed by atoms with Crippen molar-refractivity contribution in [3.8, 4) is 17.2 Å². The molecule has 3 N–H and O–H groups in total. The van der Waals surface area contributed by atoms with Crippen LogP contribution in [0.5, 0.6) is 17.2 Å². The van der Waals surface area contributed by atoms with Crippen molar-refractivity contribution in [2.75, 3.05) is 31.9 Å². The first kappa shape index (κ1) is 15.4. The molecule has 0 unspecified atom stereocenters. The minimum absolute atomic E-state index is 0.0561. The number of methoxy groups -OCH3 is 2. The summed E-state index contributed by atoms with van der Waals surface area (Å²) in [5, 5.41) is 16.6. The van der Waals surface area contributed by atoms with E-state index in [0.717, 1.165) is 15.6 Å². The number of rotatable bonds is 4. The van der Waals surface area contributed by atoms with Crippen molar-refractivity contribution in [2.24, 2.45) is 0 Å². The number of amides is 1. The Morgan fingerprint density at radius 1 is 1.35 bits per heavy atom. The third kappa shape index (κ3) is 2.65. The summed E-state index contributed by atoms with van der Waals surface area (Å²) in [7, 11) is 4.74. The zero-order valence-corrected chi connectivity index (χ0v) is 13.8. The number of phenolic OH excluding ortho intramolecular Hbond substituents is 1. The van der Waals surface area contributed by atoms with Gasteiger partial charge in [-0.05, 0) is 17.7 Å². The Morgan fingerprint density at radius 3 is 2.57 bits per heavy atom. The molecule has 8 heteroatoms. The molecule has 0 spiro atoms. The third-order valence-corrected chi connectivity index (χ3v) is 4.92. The number of hydrogen-bond donors (Lipinski definition) is 3. The number of phenols is 1. The van der Waals surface area contributed by atoms with E-state index in [0.29, 0.717) is 23.7 Å². The summed E-state index contributed by atoms with van der Waals surface area (Å²) in [4.78, 5) is 17.3. The summed E-state index contributed by atoms with van der Waals surface area (Å²) in [6.07, 6.45) is 0.301. The summed E-state index contributed by atoms with van der Waals surface area (Å²) >= 11 is 1.49. The van der Waals surface area contributed by atoms with Gasteiger partial charge in [0, 0.05) is 19.4 Å². The number of carbonyl (C=O) groups excluding carboxylic acids is 1. The Kier molecular flexibility index (Phi) is 3.99. The molecule has 7 nitrogen and oxygen atoms in total. The topological polar surface area (TPSA) is 92.7 Å². The number of nitrogens with zero attached hydrogens (tertiary/aromatic N) is 1. The summed E-state index contributed by atoms with van der Waals surface area (Å²) in [5.74, 6) is 0.879. The second kappa shape index (κ2) is 5.96. The predicted molar refractivity (Wildman–Crippen MR) is 88.0 cm³/mol. The highest BCUT2D eigenvalue weighted by atomic mass is 32.1. The number of benzene rings is 1. The van der Waals surface area contributed by atoms with E-state index in [-0.39, 0.29) is 17.6 Å². The summed E-state index contributed by atoms with van der Waals surface area (Å²) < 4.78 is 10.4. The lowest BCUT2D eigenvalue weighted by molar-refractivity contribution is -0.116. The first-order chi connectivity index (χ1) is 11.1. The molecule has 0 saturated carbocycles. The third-order valence-electron chi connectivity index (χ3n) is 3.74. The molecule has 2 heterocycles. The maximum Gasteiger partial charge on any atom is 0.226 e. The second-order valence-electron chi connectivity index (χ2n) is 5.06. The average Bonchev–Trinajstić information content (AvgIpc) is 2.97. The minimum Gasteiger partial charge on any atom is -0.502 e. The van der Waals surface area contributed by atoms with Gasteiger partial charge in [0.1, 0.15) is 5.82 Å². The van der Waals surface area contributed by atoms with Crippen molar-refractivity contribution < 1.29 is 19.4 Å². The number of thiazole rings is 1. The minimum atomic E-state index is -0.165. The number of carbonyl (C=O) groups is 1. The molecule has 1 aliphatic rings.